The van der Waals surface area contributed by atoms with Crippen LogP contribution >= 0.6 is 22.9 Å². The Bertz CT molecular complexity index is 1140. The second-order valence-corrected chi connectivity index (χ2v) is 7.29. The number of aromatic nitrogens is 1. The largest absolute Gasteiger partial charge is 0.467 e. The third kappa shape index (κ3) is 3.25. The molecule has 0 bridgehead atoms. The van der Waals surface area contributed by atoms with E-state index in [4.69, 9.17) is 20.4 Å². The number of carbonyl (C=O) groups is 1. The molecule has 3 aromatic heterocycles. The van der Waals surface area contributed by atoms with Gasteiger partial charge in [-0.15, -0.1) is 0 Å². The molecule has 0 aliphatic carbocycles. The van der Waals surface area contributed by atoms with Crippen LogP contribution in [-0.4, -0.2) is 15.8 Å². The number of furan rings is 2. The molecular formula is C18H12ClN3O5S. The van der Waals surface area contributed by atoms with Crippen molar-refractivity contribution in [3.8, 4) is 0 Å². The van der Waals surface area contributed by atoms with Gasteiger partial charge in [0.05, 0.1) is 34.1 Å². The Kier molecular flexibility index (Phi) is 4.62. The van der Waals surface area contributed by atoms with Crippen LogP contribution in [0.4, 0.5) is 11.0 Å². The number of nitro groups is 1. The number of benzene rings is 1. The fourth-order valence-electron chi connectivity index (χ4n) is 2.66. The summed E-state index contributed by atoms with van der Waals surface area (Å²) in [5.41, 5.74) is 1.61. The predicted molar refractivity (Wildman–Crippen MR) is 104 cm³/mol. The zero-order valence-corrected chi connectivity index (χ0v) is 16.0. The fourth-order valence-corrected chi connectivity index (χ4v) is 3.98. The van der Waals surface area contributed by atoms with E-state index in [1.165, 1.54) is 28.6 Å². The molecule has 0 radical (unpaired) electrons. The van der Waals surface area contributed by atoms with Gasteiger partial charge in [0.15, 0.2) is 10.9 Å². The Hall–Kier alpha value is -3.17. The number of hydrogen-bond donors (Lipinski definition) is 0. The van der Waals surface area contributed by atoms with Crippen molar-refractivity contribution in [2.75, 3.05) is 4.90 Å². The lowest BCUT2D eigenvalue weighted by atomic mass is 10.2. The number of halogens is 1. The molecule has 1 aromatic carbocycles. The Morgan fingerprint density at radius 3 is 2.79 bits per heavy atom. The van der Waals surface area contributed by atoms with E-state index < -0.39 is 16.7 Å². The first-order chi connectivity index (χ1) is 13.4. The smallest absolute Gasteiger partial charge is 0.433 e. The van der Waals surface area contributed by atoms with E-state index in [1.54, 1.807) is 18.2 Å². The SMILES string of the molecule is Cc1ccc(Cl)c2sc(N(Cc3ccco3)C(=O)c3ccc([N+](=O)[O-])o3)nc12. The number of fused-ring (bicyclic) bond motifs is 1. The summed E-state index contributed by atoms with van der Waals surface area (Å²) < 4.78 is 11.2. The number of thiazole rings is 1. The third-order valence-electron chi connectivity index (χ3n) is 4.04. The maximum atomic E-state index is 13.1. The van der Waals surface area contributed by atoms with Crippen molar-refractivity contribution >= 4 is 50.1 Å². The first-order valence-corrected chi connectivity index (χ1v) is 9.27. The Morgan fingerprint density at radius 1 is 1.32 bits per heavy atom. The highest BCUT2D eigenvalue weighted by Gasteiger charge is 2.27. The van der Waals surface area contributed by atoms with Gasteiger partial charge in [-0.25, -0.2) is 4.98 Å². The molecular weight excluding hydrogens is 406 g/mol. The lowest BCUT2D eigenvalue weighted by Gasteiger charge is -2.17. The second kappa shape index (κ2) is 7.10. The summed E-state index contributed by atoms with van der Waals surface area (Å²) in [5, 5.41) is 11.8. The van der Waals surface area contributed by atoms with Gasteiger partial charge in [0.1, 0.15) is 10.7 Å². The molecule has 8 nitrogen and oxygen atoms in total. The highest BCUT2D eigenvalue weighted by atomic mass is 35.5. The van der Waals surface area contributed by atoms with Gasteiger partial charge in [-0.05, 0) is 36.8 Å². The summed E-state index contributed by atoms with van der Waals surface area (Å²) in [5.74, 6) is -0.723. The maximum Gasteiger partial charge on any atom is 0.433 e. The monoisotopic (exact) mass is 417 g/mol. The minimum atomic E-state index is -0.700. The minimum absolute atomic E-state index is 0.0802. The summed E-state index contributed by atoms with van der Waals surface area (Å²) in [6.07, 6.45) is 1.50. The van der Waals surface area contributed by atoms with Crippen LogP contribution in [0.1, 0.15) is 21.9 Å². The van der Waals surface area contributed by atoms with Crippen LogP contribution in [-0.2, 0) is 6.54 Å². The quantitative estimate of drug-likeness (QED) is 0.326. The molecule has 0 N–H and O–H groups in total. The van der Waals surface area contributed by atoms with Crippen LogP contribution in [0.15, 0.2) is 51.5 Å². The van der Waals surface area contributed by atoms with Gasteiger partial charge in [0, 0.05) is 0 Å². The number of carbonyl (C=O) groups excluding carboxylic acids is 1. The number of hydrogen-bond acceptors (Lipinski definition) is 7. The van der Waals surface area contributed by atoms with Crippen molar-refractivity contribution in [3.63, 3.8) is 0 Å². The molecule has 3 heterocycles. The van der Waals surface area contributed by atoms with E-state index in [0.717, 1.165) is 16.3 Å². The normalized spacial score (nSPS) is 11.1. The van der Waals surface area contributed by atoms with Crippen LogP contribution in [0.3, 0.4) is 0 Å². The van der Waals surface area contributed by atoms with Crippen LogP contribution in [0.2, 0.25) is 5.02 Å². The Balaban J connectivity index is 1.79. The van der Waals surface area contributed by atoms with Gasteiger partial charge in [-0.1, -0.05) is 29.0 Å². The molecule has 4 rings (SSSR count). The van der Waals surface area contributed by atoms with E-state index in [-0.39, 0.29) is 12.3 Å². The van der Waals surface area contributed by atoms with E-state index in [2.05, 4.69) is 4.98 Å². The van der Waals surface area contributed by atoms with Crippen LogP contribution in [0.5, 0.6) is 0 Å². The zero-order chi connectivity index (χ0) is 19.8. The number of amides is 1. The molecule has 0 aliphatic heterocycles. The molecule has 142 valence electrons. The fraction of sp³-hybridized carbons (Fsp3) is 0.111. The van der Waals surface area contributed by atoms with Gasteiger partial charge in [0.2, 0.25) is 0 Å². The molecule has 0 aliphatic rings. The topological polar surface area (TPSA) is 103 Å². The van der Waals surface area contributed by atoms with Crippen molar-refractivity contribution in [2.45, 2.75) is 13.5 Å². The van der Waals surface area contributed by atoms with Crippen molar-refractivity contribution in [1.82, 2.24) is 4.98 Å². The highest BCUT2D eigenvalue weighted by Crippen LogP contribution is 2.37. The van der Waals surface area contributed by atoms with Crippen molar-refractivity contribution in [2.24, 2.45) is 0 Å². The lowest BCUT2D eigenvalue weighted by molar-refractivity contribution is -0.402. The number of aryl methyl sites for hydroxylation is 1. The van der Waals surface area contributed by atoms with Crippen LogP contribution in [0.25, 0.3) is 10.2 Å². The molecule has 0 spiro atoms. The van der Waals surface area contributed by atoms with Crippen molar-refractivity contribution in [1.29, 1.82) is 0 Å². The van der Waals surface area contributed by atoms with E-state index in [0.29, 0.717) is 21.4 Å². The maximum absolute atomic E-state index is 13.1. The lowest BCUT2D eigenvalue weighted by Crippen LogP contribution is -2.29. The van der Waals surface area contributed by atoms with E-state index in [9.17, 15) is 14.9 Å². The summed E-state index contributed by atoms with van der Waals surface area (Å²) in [7, 11) is 0. The molecule has 0 atom stereocenters. The average molecular weight is 418 g/mol. The second-order valence-electron chi connectivity index (χ2n) is 5.90. The first-order valence-electron chi connectivity index (χ1n) is 8.08. The van der Waals surface area contributed by atoms with Crippen molar-refractivity contribution in [3.05, 3.63) is 74.9 Å². The number of anilines is 1. The Morgan fingerprint density at radius 2 is 2.14 bits per heavy atom. The van der Waals surface area contributed by atoms with Gasteiger partial charge < -0.3 is 8.83 Å². The summed E-state index contributed by atoms with van der Waals surface area (Å²) >= 11 is 7.53. The van der Waals surface area contributed by atoms with Gasteiger partial charge in [-0.2, -0.15) is 0 Å². The van der Waals surface area contributed by atoms with Crippen LogP contribution < -0.4 is 4.90 Å². The number of nitrogens with zero attached hydrogens (tertiary/aromatic N) is 3. The molecule has 0 saturated carbocycles. The predicted octanol–water partition coefficient (Wildman–Crippen LogP) is 5.20. The Labute approximate surface area is 167 Å². The first kappa shape index (κ1) is 18.2. The van der Waals surface area contributed by atoms with E-state index >= 15 is 0 Å². The average Bonchev–Trinajstić information content (AvgIpc) is 3.42. The highest BCUT2D eigenvalue weighted by molar-refractivity contribution is 7.23. The molecule has 0 unspecified atom stereocenters. The molecule has 28 heavy (non-hydrogen) atoms. The van der Waals surface area contributed by atoms with E-state index in [1.807, 2.05) is 13.0 Å². The summed E-state index contributed by atoms with van der Waals surface area (Å²) in [6, 6.07) is 9.45. The molecule has 1 amide bonds. The van der Waals surface area contributed by atoms with Gasteiger partial charge in [-0.3, -0.25) is 19.8 Å². The third-order valence-corrected chi connectivity index (χ3v) is 5.58. The number of rotatable bonds is 5. The molecule has 10 heteroatoms. The molecule has 4 aromatic rings. The summed E-state index contributed by atoms with van der Waals surface area (Å²) in [6.45, 7) is 1.98. The minimum Gasteiger partial charge on any atom is -0.467 e. The summed E-state index contributed by atoms with van der Waals surface area (Å²) in [4.78, 5) is 29.1. The molecule has 0 fully saturated rings. The molecule has 0 saturated heterocycles. The van der Waals surface area contributed by atoms with Crippen molar-refractivity contribution < 1.29 is 18.6 Å². The van der Waals surface area contributed by atoms with Gasteiger partial charge in [0.25, 0.3) is 5.91 Å². The standard InChI is InChI=1S/C18H12ClN3O5S/c1-10-4-5-12(19)16-15(10)20-18(28-16)21(9-11-3-2-8-26-11)17(23)13-6-7-14(27-13)22(24)25/h2-8H,9H2,1H3. The van der Waals surface area contributed by atoms with Gasteiger partial charge >= 0.3 is 5.88 Å². The van der Waals surface area contributed by atoms with Crippen LogP contribution in [0, 0.1) is 17.0 Å². The zero-order valence-electron chi connectivity index (χ0n) is 14.4.